The van der Waals surface area contributed by atoms with Crippen LogP contribution in [0.15, 0.2) is 18.2 Å². The summed E-state index contributed by atoms with van der Waals surface area (Å²) >= 11 is 3.33. The van der Waals surface area contributed by atoms with E-state index in [1.165, 1.54) is 4.88 Å². The summed E-state index contributed by atoms with van der Waals surface area (Å²) in [5.41, 5.74) is 2.26. The molecular formula is C17H20N4OS2. The minimum atomic E-state index is -0.108. The summed E-state index contributed by atoms with van der Waals surface area (Å²) < 4.78 is 0. The molecule has 0 aromatic carbocycles. The van der Waals surface area contributed by atoms with Crippen LogP contribution in [0.3, 0.4) is 0 Å². The van der Waals surface area contributed by atoms with Crippen molar-refractivity contribution in [2.45, 2.75) is 33.7 Å². The average molecular weight is 361 g/mol. The van der Waals surface area contributed by atoms with Crippen molar-refractivity contribution in [2.24, 2.45) is 0 Å². The highest BCUT2D eigenvalue weighted by Crippen LogP contribution is 2.29. The van der Waals surface area contributed by atoms with Crippen LogP contribution in [0.25, 0.3) is 10.6 Å². The van der Waals surface area contributed by atoms with Crippen molar-refractivity contribution in [1.29, 1.82) is 0 Å². The van der Waals surface area contributed by atoms with E-state index >= 15 is 0 Å². The van der Waals surface area contributed by atoms with E-state index in [4.69, 9.17) is 0 Å². The molecule has 0 fully saturated rings. The molecule has 3 aromatic heterocycles. The third kappa shape index (κ3) is 3.14. The van der Waals surface area contributed by atoms with E-state index in [9.17, 15) is 4.79 Å². The van der Waals surface area contributed by atoms with E-state index in [1.807, 2.05) is 32.9 Å². The Kier molecular flexibility index (Phi) is 4.56. The van der Waals surface area contributed by atoms with Crippen LogP contribution in [-0.2, 0) is 0 Å². The predicted molar refractivity (Wildman–Crippen MR) is 98.7 cm³/mol. The van der Waals surface area contributed by atoms with Crippen LogP contribution in [0.2, 0.25) is 0 Å². The molecule has 3 rings (SSSR count). The highest BCUT2D eigenvalue weighted by molar-refractivity contribution is 7.15. The Labute approximate surface area is 149 Å². The summed E-state index contributed by atoms with van der Waals surface area (Å²) in [5, 5.41) is 8.18. The molecule has 1 N–H and O–H groups in total. The molecule has 0 radical (unpaired) electrons. The topological polar surface area (TPSA) is 61.9 Å². The van der Waals surface area contributed by atoms with E-state index < -0.39 is 0 Å². The van der Waals surface area contributed by atoms with E-state index in [2.05, 4.69) is 28.2 Å². The lowest BCUT2D eigenvalue weighted by Crippen LogP contribution is -2.30. The van der Waals surface area contributed by atoms with Gasteiger partial charge >= 0.3 is 0 Å². The maximum absolute atomic E-state index is 12.7. The van der Waals surface area contributed by atoms with Gasteiger partial charge < -0.3 is 4.90 Å². The number of aromatic amines is 1. The standard InChI is InChI=1S/C17H20N4OS2/c1-9-6-7-15(23-9)13-8-14(20-19-13)17(22)21(5)10(2)16-11(3)24-12(4)18-16/h6-8,10H,1-5H3,(H,19,20)/t10-/m0/s1. The van der Waals surface area contributed by atoms with Crippen molar-refractivity contribution in [3.05, 3.63) is 44.3 Å². The predicted octanol–water partition coefficient (Wildman–Crippen LogP) is 4.35. The van der Waals surface area contributed by atoms with Gasteiger partial charge in [0, 0.05) is 16.8 Å². The number of aryl methyl sites for hydroxylation is 3. The number of nitrogens with zero attached hydrogens (tertiary/aromatic N) is 3. The van der Waals surface area contributed by atoms with Gasteiger partial charge in [-0.25, -0.2) is 4.98 Å². The van der Waals surface area contributed by atoms with Gasteiger partial charge in [0.15, 0.2) is 5.69 Å². The number of thiazole rings is 1. The maximum Gasteiger partial charge on any atom is 0.274 e. The molecule has 0 saturated carbocycles. The first-order chi connectivity index (χ1) is 11.4. The Hall–Kier alpha value is -1.99. The second-order valence-electron chi connectivity index (χ2n) is 5.84. The SMILES string of the molecule is Cc1ccc(-c2cc(C(=O)N(C)[C@@H](C)c3nc(C)sc3C)n[nH]2)s1. The molecule has 5 nitrogen and oxygen atoms in total. The Balaban J connectivity index is 1.81. The summed E-state index contributed by atoms with van der Waals surface area (Å²) in [5.74, 6) is -0.108. The number of nitrogens with one attached hydrogen (secondary N) is 1. The van der Waals surface area contributed by atoms with E-state index in [-0.39, 0.29) is 11.9 Å². The lowest BCUT2D eigenvalue weighted by atomic mass is 10.2. The molecular weight excluding hydrogens is 340 g/mol. The van der Waals surface area contributed by atoms with Gasteiger partial charge in [-0.15, -0.1) is 22.7 Å². The summed E-state index contributed by atoms with van der Waals surface area (Å²) in [6, 6.07) is 5.82. The van der Waals surface area contributed by atoms with Crippen molar-refractivity contribution in [3.8, 4) is 10.6 Å². The Morgan fingerprint density at radius 1 is 1.25 bits per heavy atom. The highest BCUT2D eigenvalue weighted by Gasteiger charge is 2.24. The number of aromatic nitrogens is 3. The molecule has 7 heteroatoms. The van der Waals surface area contributed by atoms with Crippen LogP contribution in [0.1, 0.15) is 43.9 Å². The quantitative estimate of drug-likeness (QED) is 0.752. The molecule has 0 unspecified atom stereocenters. The van der Waals surface area contributed by atoms with Crippen molar-refractivity contribution in [1.82, 2.24) is 20.1 Å². The second-order valence-corrected chi connectivity index (χ2v) is 8.54. The van der Waals surface area contributed by atoms with Crippen LogP contribution in [0.5, 0.6) is 0 Å². The molecule has 3 aromatic rings. The molecule has 0 bridgehead atoms. The molecule has 0 spiro atoms. The smallest absolute Gasteiger partial charge is 0.274 e. The van der Waals surface area contributed by atoms with Crippen molar-refractivity contribution >= 4 is 28.6 Å². The third-order valence-electron chi connectivity index (χ3n) is 4.04. The zero-order chi connectivity index (χ0) is 17.4. The lowest BCUT2D eigenvalue weighted by molar-refractivity contribution is 0.0734. The second kappa shape index (κ2) is 6.49. The Bertz CT molecular complexity index is 877. The van der Waals surface area contributed by atoms with Crippen LogP contribution in [0, 0.1) is 20.8 Å². The molecule has 0 aliphatic carbocycles. The van der Waals surface area contributed by atoms with Gasteiger partial charge in [0.2, 0.25) is 0 Å². The van der Waals surface area contributed by atoms with Gasteiger partial charge in [-0.2, -0.15) is 5.10 Å². The molecule has 0 aliphatic rings. The van der Waals surface area contributed by atoms with Crippen LogP contribution >= 0.6 is 22.7 Å². The van der Waals surface area contributed by atoms with Crippen LogP contribution in [-0.4, -0.2) is 33.0 Å². The fourth-order valence-electron chi connectivity index (χ4n) is 2.61. The van der Waals surface area contributed by atoms with Crippen LogP contribution < -0.4 is 0 Å². The monoisotopic (exact) mass is 360 g/mol. The number of amides is 1. The Morgan fingerprint density at radius 3 is 2.58 bits per heavy atom. The summed E-state index contributed by atoms with van der Waals surface area (Å²) in [4.78, 5) is 22.5. The van der Waals surface area contributed by atoms with Crippen molar-refractivity contribution in [2.75, 3.05) is 7.05 Å². The normalized spacial score (nSPS) is 12.4. The van der Waals surface area contributed by atoms with Gasteiger partial charge in [-0.1, -0.05) is 0 Å². The number of H-pyrrole nitrogens is 1. The summed E-state index contributed by atoms with van der Waals surface area (Å²) in [6.07, 6.45) is 0. The fraction of sp³-hybridized carbons (Fsp3) is 0.353. The van der Waals surface area contributed by atoms with Gasteiger partial charge in [-0.3, -0.25) is 9.89 Å². The number of hydrogen-bond donors (Lipinski definition) is 1. The zero-order valence-corrected chi connectivity index (χ0v) is 16.0. The molecule has 3 heterocycles. The molecule has 0 aliphatic heterocycles. The summed E-state index contributed by atoms with van der Waals surface area (Å²) in [7, 11) is 1.80. The number of hydrogen-bond acceptors (Lipinski definition) is 5. The Morgan fingerprint density at radius 2 is 2.00 bits per heavy atom. The molecule has 1 atom stereocenters. The average Bonchev–Trinajstić information content (AvgIpc) is 3.25. The molecule has 24 heavy (non-hydrogen) atoms. The van der Waals surface area contributed by atoms with Gasteiger partial charge in [-0.05, 0) is 45.9 Å². The van der Waals surface area contributed by atoms with E-state index in [0.717, 1.165) is 26.1 Å². The number of carbonyl (C=O) groups excluding carboxylic acids is 1. The first-order valence-electron chi connectivity index (χ1n) is 7.70. The fourth-order valence-corrected chi connectivity index (χ4v) is 4.35. The maximum atomic E-state index is 12.7. The minimum Gasteiger partial charge on any atom is -0.332 e. The largest absolute Gasteiger partial charge is 0.332 e. The van der Waals surface area contributed by atoms with E-state index in [1.54, 1.807) is 34.6 Å². The zero-order valence-electron chi connectivity index (χ0n) is 14.4. The molecule has 0 saturated heterocycles. The van der Waals surface area contributed by atoms with Gasteiger partial charge in [0.1, 0.15) is 0 Å². The number of rotatable bonds is 4. The van der Waals surface area contributed by atoms with Gasteiger partial charge in [0.05, 0.1) is 27.3 Å². The first kappa shape index (κ1) is 16.9. The number of thiophene rings is 1. The highest BCUT2D eigenvalue weighted by atomic mass is 32.1. The van der Waals surface area contributed by atoms with Crippen LogP contribution in [0.4, 0.5) is 0 Å². The third-order valence-corrected chi connectivity index (χ3v) is 5.98. The minimum absolute atomic E-state index is 0.0911. The van der Waals surface area contributed by atoms with Gasteiger partial charge in [0.25, 0.3) is 5.91 Å². The first-order valence-corrected chi connectivity index (χ1v) is 9.33. The molecule has 126 valence electrons. The lowest BCUT2D eigenvalue weighted by Gasteiger charge is -2.23. The molecule has 1 amide bonds. The van der Waals surface area contributed by atoms with E-state index in [0.29, 0.717) is 5.69 Å². The van der Waals surface area contributed by atoms with Crippen molar-refractivity contribution in [3.63, 3.8) is 0 Å². The van der Waals surface area contributed by atoms with Crippen molar-refractivity contribution < 1.29 is 4.79 Å². The number of carbonyl (C=O) groups is 1. The summed E-state index contributed by atoms with van der Waals surface area (Å²) in [6.45, 7) is 8.08.